The van der Waals surface area contributed by atoms with Crippen molar-refractivity contribution in [1.82, 2.24) is 0 Å². The Labute approximate surface area is 121 Å². The van der Waals surface area contributed by atoms with E-state index in [9.17, 15) is 0 Å². The molecule has 0 heterocycles. The topological polar surface area (TPSA) is 0 Å². The lowest BCUT2D eigenvalue weighted by Crippen LogP contribution is -2.12. The summed E-state index contributed by atoms with van der Waals surface area (Å²) < 4.78 is 0. The first-order chi connectivity index (χ1) is 9.27. The van der Waals surface area contributed by atoms with Crippen LogP contribution in [0.4, 0.5) is 0 Å². The van der Waals surface area contributed by atoms with E-state index >= 15 is 0 Å². The van der Waals surface area contributed by atoms with Crippen LogP contribution in [-0.4, -0.2) is 0 Å². The lowest BCUT2D eigenvalue weighted by molar-refractivity contribution is 0.328. The molecular weight excluding hydrogens is 228 g/mol. The Kier molecular flexibility index (Phi) is 9.01. The summed E-state index contributed by atoms with van der Waals surface area (Å²) in [7, 11) is 0. The van der Waals surface area contributed by atoms with Gasteiger partial charge in [0.15, 0.2) is 0 Å². The van der Waals surface area contributed by atoms with Crippen LogP contribution in [0.5, 0.6) is 0 Å². The standard InChI is InChI=1S/C19H34/c1-3-16-19(2)17-14-12-10-8-6-4-5-7-9-11-13-15-18-19/h16H,1,4-15,17-18H2,2H3. The molecule has 0 amide bonds. The quantitative estimate of drug-likeness (QED) is 0.455. The Hall–Kier alpha value is -0.480. The van der Waals surface area contributed by atoms with Crippen molar-refractivity contribution >= 4 is 0 Å². The molecule has 0 unspecified atom stereocenters. The highest BCUT2D eigenvalue weighted by Gasteiger charge is 2.19. The summed E-state index contributed by atoms with van der Waals surface area (Å²) in [5, 5.41) is 0. The van der Waals surface area contributed by atoms with Crippen molar-refractivity contribution in [3.05, 3.63) is 18.4 Å². The van der Waals surface area contributed by atoms with Gasteiger partial charge in [-0.2, -0.15) is 0 Å². The molecule has 0 spiro atoms. The molecule has 110 valence electrons. The monoisotopic (exact) mass is 262 g/mol. The van der Waals surface area contributed by atoms with Crippen molar-refractivity contribution in [1.29, 1.82) is 0 Å². The summed E-state index contributed by atoms with van der Waals surface area (Å²) in [5.74, 6) is 0. The Morgan fingerprint density at radius 1 is 0.684 bits per heavy atom. The predicted octanol–water partition coefficient (Wildman–Crippen LogP) is 6.81. The maximum Gasteiger partial charge on any atom is -0.00710 e. The molecule has 0 aromatic rings. The van der Waals surface area contributed by atoms with Gasteiger partial charge >= 0.3 is 0 Å². The van der Waals surface area contributed by atoms with Crippen molar-refractivity contribution < 1.29 is 0 Å². The highest BCUT2D eigenvalue weighted by atomic mass is 14.2. The second-order valence-electron chi connectivity index (χ2n) is 6.75. The molecule has 0 saturated heterocycles. The van der Waals surface area contributed by atoms with Crippen LogP contribution < -0.4 is 0 Å². The number of hydrogen-bond acceptors (Lipinski definition) is 0. The van der Waals surface area contributed by atoms with Gasteiger partial charge in [-0.1, -0.05) is 90.6 Å². The molecule has 1 aliphatic carbocycles. The van der Waals surface area contributed by atoms with Crippen molar-refractivity contribution in [2.45, 2.75) is 96.8 Å². The van der Waals surface area contributed by atoms with Crippen molar-refractivity contribution in [2.75, 3.05) is 0 Å². The summed E-state index contributed by atoms with van der Waals surface area (Å²) in [5.41, 5.74) is 3.41. The average Bonchev–Trinajstić information content (AvgIpc) is 2.39. The van der Waals surface area contributed by atoms with Gasteiger partial charge in [-0.15, -0.1) is 5.73 Å². The van der Waals surface area contributed by atoms with E-state index in [0.717, 1.165) is 0 Å². The maximum absolute atomic E-state index is 3.79. The second kappa shape index (κ2) is 10.3. The van der Waals surface area contributed by atoms with Crippen LogP contribution in [0.3, 0.4) is 0 Å². The predicted molar refractivity (Wildman–Crippen MR) is 86.5 cm³/mol. The Morgan fingerprint density at radius 2 is 1.00 bits per heavy atom. The Bertz CT molecular complexity index is 241. The van der Waals surface area contributed by atoms with E-state index < -0.39 is 0 Å². The lowest BCUT2D eigenvalue weighted by atomic mass is 9.79. The number of hydrogen-bond donors (Lipinski definition) is 0. The number of allylic oxidation sites excluding steroid dienone is 1. The molecule has 19 heavy (non-hydrogen) atoms. The van der Waals surface area contributed by atoms with Crippen molar-refractivity contribution in [3.8, 4) is 0 Å². The summed E-state index contributed by atoms with van der Waals surface area (Å²) in [6, 6.07) is 0. The first-order valence-corrected chi connectivity index (χ1v) is 8.64. The number of rotatable bonds is 1. The zero-order chi connectivity index (χ0) is 13.8. The van der Waals surface area contributed by atoms with Gasteiger partial charge in [0, 0.05) is 0 Å². The van der Waals surface area contributed by atoms with Crippen molar-refractivity contribution in [2.24, 2.45) is 5.41 Å². The molecule has 1 rings (SSSR count). The molecule has 0 aromatic heterocycles. The largest absolute Gasteiger partial charge is 0.132 e. The minimum absolute atomic E-state index is 0.363. The van der Waals surface area contributed by atoms with Gasteiger partial charge < -0.3 is 0 Å². The fraction of sp³-hybridized carbons (Fsp3) is 0.842. The van der Waals surface area contributed by atoms with Gasteiger partial charge in [-0.25, -0.2) is 0 Å². The van der Waals surface area contributed by atoms with Crippen molar-refractivity contribution in [3.63, 3.8) is 0 Å². The first-order valence-electron chi connectivity index (χ1n) is 8.64. The fourth-order valence-corrected chi connectivity index (χ4v) is 3.34. The van der Waals surface area contributed by atoms with Gasteiger partial charge in [-0.05, 0) is 24.3 Å². The molecule has 0 atom stereocenters. The summed E-state index contributed by atoms with van der Waals surface area (Å²) in [6.45, 7) is 6.19. The van der Waals surface area contributed by atoms with Gasteiger partial charge in [-0.3, -0.25) is 0 Å². The van der Waals surface area contributed by atoms with Crippen LogP contribution in [0.2, 0.25) is 0 Å². The first kappa shape index (κ1) is 16.6. The minimum Gasteiger partial charge on any atom is -0.132 e. The lowest BCUT2D eigenvalue weighted by Gasteiger charge is -2.25. The summed E-state index contributed by atoms with van der Waals surface area (Å²) >= 11 is 0. The van der Waals surface area contributed by atoms with E-state index in [-0.39, 0.29) is 0 Å². The normalized spacial score (nSPS) is 23.6. The van der Waals surface area contributed by atoms with Crippen LogP contribution >= 0.6 is 0 Å². The van der Waals surface area contributed by atoms with E-state index in [1.165, 1.54) is 89.9 Å². The zero-order valence-electron chi connectivity index (χ0n) is 13.2. The van der Waals surface area contributed by atoms with Gasteiger partial charge in [0.05, 0.1) is 0 Å². The van der Waals surface area contributed by atoms with Crippen LogP contribution in [0.25, 0.3) is 0 Å². The van der Waals surface area contributed by atoms with E-state index in [4.69, 9.17) is 0 Å². The zero-order valence-corrected chi connectivity index (χ0v) is 13.2. The van der Waals surface area contributed by atoms with Crippen LogP contribution in [-0.2, 0) is 0 Å². The molecule has 0 aromatic carbocycles. The Morgan fingerprint density at radius 3 is 1.32 bits per heavy atom. The molecule has 1 saturated carbocycles. The summed E-state index contributed by atoms with van der Waals surface area (Å²) in [6.07, 6.45) is 22.1. The molecule has 1 fully saturated rings. The maximum atomic E-state index is 3.79. The minimum atomic E-state index is 0.363. The van der Waals surface area contributed by atoms with Gasteiger partial charge in [0.25, 0.3) is 0 Å². The average molecular weight is 262 g/mol. The molecule has 0 heteroatoms. The third-order valence-corrected chi connectivity index (χ3v) is 4.70. The van der Waals surface area contributed by atoms with E-state index in [1.807, 2.05) is 0 Å². The molecule has 0 radical (unpaired) electrons. The fourth-order valence-electron chi connectivity index (χ4n) is 3.34. The van der Waals surface area contributed by atoms with E-state index in [0.29, 0.717) is 5.41 Å². The smallest absolute Gasteiger partial charge is 0.00710 e. The highest BCUT2D eigenvalue weighted by Crippen LogP contribution is 2.32. The molecule has 0 N–H and O–H groups in total. The SMILES string of the molecule is C=C=CC1(C)CCCCCCCCCCCCCC1. The molecule has 1 aliphatic rings. The summed E-state index contributed by atoms with van der Waals surface area (Å²) in [4.78, 5) is 0. The molecule has 0 nitrogen and oxygen atoms in total. The third-order valence-electron chi connectivity index (χ3n) is 4.70. The van der Waals surface area contributed by atoms with Crippen LogP contribution in [0, 0.1) is 5.41 Å². The van der Waals surface area contributed by atoms with Gasteiger partial charge in [0.1, 0.15) is 0 Å². The van der Waals surface area contributed by atoms with Gasteiger partial charge in [0.2, 0.25) is 0 Å². The van der Waals surface area contributed by atoms with Crippen LogP contribution in [0.1, 0.15) is 96.8 Å². The Balaban J connectivity index is 2.40. The van der Waals surface area contributed by atoms with E-state index in [1.54, 1.807) is 0 Å². The third kappa shape index (κ3) is 8.32. The molecular formula is C19H34. The molecule has 0 bridgehead atoms. The highest BCUT2D eigenvalue weighted by molar-refractivity contribution is 4.94. The van der Waals surface area contributed by atoms with Crippen LogP contribution in [0.15, 0.2) is 18.4 Å². The van der Waals surface area contributed by atoms with E-state index in [2.05, 4.69) is 25.3 Å². The molecule has 0 aliphatic heterocycles. The second-order valence-corrected chi connectivity index (χ2v) is 6.75.